The van der Waals surface area contributed by atoms with Crippen LogP contribution in [0.4, 0.5) is 5.82 Å². The predicted octanol–water partition coefficient (Wildman–Crippen LogP) is 2.70. The number of anilines is 1. The third kappa shape index (κ3) is 3.03. The lowest BCUT2D eigenvalue weighted by molar-refractivity contribution is 0.0210. The first-order chi connectivity index (χ1) is 12.0. The maximum absolute atomic E-state index is 10.2. The summed E-state index contributed by atoms with van der Waals surface area (Å²) in [6, 6.07) is 11.5. The van der Waals surface area contributed by atoms with Crippen molar-refractivity contribution in [2.45, 2.75) is 31.6 Å². The summed E-state index contributed by atoms with van der Waals surface area (Å²) >= 11 is 3.48. The number of aliphatic hydroxyl groups is 2. The zero-order chi connectivity index (χ0) is 17.6. The first-order valence-electron chi connectivity index (χ1n) is 8.26. The van der Waals surface area contributed by atoms with Gasteiger partial charge in [-0.05, 0) is 30.5 Å². The molecule has 3 N–H and O–H groups in total. The maximum atomic E-state index is 10.2. The SMILES string of the molecule is C[C@@H]1C[C@@H](Nc2ccnc3cc(-c4cccc(Br)c4)nn23)[C@H](O)[C@@H]1O. The minimum Gasteiger partial charge on any atom is -0.390 e. The van der Waals surface area contributed by atoms with Crippen LogP contribution in [0.25, 0.3) is 16.9 Å². The molecule has 2 aromatic heterocycles. The third-order valence-corrected chi connectivity index (χ3v) is 5.28. The largest absolute Gasteiger partial charge is 0.390 e. The molecule has 1 aromatic carbocycles. The van der Waals surface area contributed by atoms with Crippen molar-refractivity contribution < 1.29 is 10.2 Å². The van der Waals surface area contributed by atoms with Crippen LogP contribution >= 0.6 is 15.9 Å². The molecule has 0 bridgehead atoms. The van der Waals surface area contributed by atoms with E-state index < -0.39 is 12.2 Å². The molecule has 1 aliphatic rings. The summed E-state index contributed by atoms with van der Waals surface area (Å²) in [5.41, 5.74) is 2.54. The summed E-state index contributed by atoms with van der Waals surface area (Å²) in [7, 11) is 0. The lowest BCUT2D eigenvalue weighted by atomic mass is 10.1. The van der Waals surface area contributed by atoms with E-state index in [1.165, 1.54) is 0 Å². The average Bonchev–Trinajstić information content (AvgIpc) is 3.13. The molecule has 130 valence electrons. The van der Waals surface area contributed by atoms with E-state index in [0.29, 0.717) is 6.42 Å². The molecule has 0 radical (unpaired) electrons. The van der Waals surface area contributed by atoms with Crippen molar-refractivity contribution in [3.63, 3.8) is 0 Å². The van der Waals surface area contributed by atoms with Crippen LogP contribution < -0.4 is 5.32 Å². The van der Waals surface area contributed by atoms with E-state index >= 15 is 0 Å². The van der Waals surface area contributed by atoms with Gasteiger partial charge < -0.3 is 15.5 Å². The molecule has 0 saturated heterocycles. The highest BCUT2D eigenvalue weighted by Gasteiger charge is 2.39. The minimum atomic E-state index is -0.793. The molecule has 3 aromatic rings. The summed E-state index contributed by atoms with van der Waals surface area (Å²) in [5.74, 6) is 0.802. The molecule has 1 aliphatic carbocycles. The molecule has 1 fully saturated rings. The first-order valence-corrected chi connectivity index (χ1v) is 9.05. The number of aromatic nitrogens is 3. The van der Waals surface area contributed by atoms with Crippen molar-refractivity contribution >= 4 is 27.4 Å². The summed E-state index contributed by atoms with van der Waals surface area (Å²) in [4.78, 5) is 4.37. The summed E-state index contributed by atoms with van der Waals surface area (Å²) in [6.07, 6.45) is 0.917. The van der Waals surface area contributed by atoms with Crippen molar-refractivity contribution in [1.82, 2.24) is 14.6 Å². The van der Waals surface area contributed by atoms with E-state index in [9.17, 15) is 10.2 Å². The monoisotopic (exact) mass is 402 g/mol. The molecule has 2 heterocycles. The molecule has 4 rings (SSSR count). The van der Waals surface area contributed by atoms with Crippen LogP contribution in [0, 0.1) is 5.92 Å². The minimum absolute atomic E-state index is 0.0553. The van der Waals surface area contributed by atoms with Gasteiger partial charge in [0.05, 0.1) is 17.8 Å². The molecule has 1 saturated carbocycles. The lowest BCUT2D eigenvalue weighted by Gasteiger charge is -2.19. The van der Waals surface area contributed by atoms with E-state index in [2.05, 4.69) is 31.3 Å². The second-order valence-corrected chi connectivity index (χ2v) is 7.50. The van der Waals surface area contributed by atoms with Gasteiger partial charge in [-0.15, -0.1) is 0 Å². The number of nitrogens with zero attached hydrogens (tertiary/aromatic N) is 3. The second kappa shape index (κ2) is 6.40. The highest BCUT2D eigenvalue weighted by molar-refractivity contribution is 9.10. The molecular formula is C18H19BrN4O2. The van der Waals surface area contributed by atoms with Crippen molar-refractivity contribution in [1.29, 1.82) is 0 Å². The van der Waals surface area contributed by atoms with Gasteiger partial charge in [-0.3, -0.25) is 0 Å². The Kier molecular flexibility index (Phi) is 4.23. The van der Waals surface area contributed by atoms with E-state index in [0.717, 1.165) is 27.2 Å². The topological polar surface area (TPSA) is 82.7 Å². The Balaban J connectivity index is 1.69. The highest BCUT2D eigenvalue weighted by Crippen LogP contribution is 2.29. The summed E-state index contributed by atoms with van der Waals surface area (Å²) in [5, 5.41) is 28.2. The van der Waals surface area contributed by atoms with E-state index in [1.54, 1.807) is 10.7 Å². The highest BCUT2D eigenvalue weighted by atomic mass is 79.9. The number of fused-ring (bicyclic) bond motifs is 1. The van der Waals surface area contributed by atoms with Gasteiger partial charge in [0.15, 0.2) is 5.65 Å². The number of hydrogen-bond acceptors (Lipinski definition) is 5. The zero-order valence-electron chi connectivity index (χ0n) is 13.7. The Hall–Kier alpha value is -1.96. The van der Waals surface area contributed by atoms with Crippen molar-refractivity contribution in [3.05, 3.63) is 47.1 Å². The van der Waals surface area contributed by atoms with E-state index in [4.69, 9.17) is 0 Å². The van der Waals surface area contributed by atoms with Crippen LogP contribution in [0.5, 0.6) is 0 Å². The van der Waals surface area contributed by atoms with Gasteiger partial charge in [0, 0.05) is 22.3 Å². The van der Waals surface area contributed by atoms with Crippen LogP contribution in [0.1, 0.15) is 13.3 Å². The molecule has 7 heteroatoms. The number of hydrogen-bond donors (Lipinski definition) is 3. The van der Waals surface area contributed by atoms with Crippen LogP contribution in [-0.2, 0) is 0 Å². The van der Waals surface area contributed by atoms with E-state index in [1.807, 2.05) is 43.3 Å². The fourth-order valence-corrected chi connectivity index (χ4v) is 3.78. The number of nitrogens with one attached hydrogen (secondary N) is 1. The van der Waals surface area contributed by atoms with Gasteiger partial charge in [0.1, 0.15) is 11.9 Å². The van der Waals surface area contributed by atoms with Gasteiger partial charge in [-0.1, -0.05) is 35.0 Å². The van der Waals surface area contributed by atoms with Crippen molar-refractivity contribution in [3.8, 4) is 11.3 Å². The van der Waals surface area contributed by atoms with Gasteiger partial charge in [-0.2, -0.15) is 9.61 Å². The smallest absolute Gasteiger partial charge is 0.157 e. The summed E-state index contributed by atoms with van der Waals surface area (Å²) in [6.45, 7) is 1.94. The molecule has 4 atom stereocenters. The standard InChI is InChI=1S/C18H19BrN4O2/c1-10-7-14(18(25)17(10)24)21-15-5-6-20-16-9-13(22-23(15)16)11-3-2-4-12(19)8-11/h2-6,8-10,14,17-18,21,24-25H,7H2,1H3/t10-,14-,17-,18+/m1/s1. The molecule has 25 heavy (non-hydrogen) atoms. The van der Waals surface area contributed by atoms with Crippen molar-refractivity contribution in [2.75, 3.05) is 5.32 Å². The predicted molar refractivity (Wildman–Crippen MR) is 99.3 cm³/mol. The Morgan fingerprint density at radius 2 is 2.04 bits per heavy atom. The fraction of sp³-hybridized carbons (Fsp3) is 0.333. The third-order valence-electron chi connectivity index (χ3n) is 4.78. The number of aliphatic hydroxyl groups excluding tert-OH is 2. The lowest BCUT2D eigenvalue weighted by Crippen LogP contribution is -2.35. The molecule has 6 nitrogen and oxygen atoms in total. The Bertz CT molecular complexity index is 913. The first kappa shape index (κ1) is 16.5. The molecule has 0 spiro atoms. The number of halogens is 1. The second-order valence-electron chi connectivity index (χ2n) is 6.59. The zero-order valence-corrected chi connectivity index (χ0v) is 15.3. The average molecular weight is 403 g/mol. The van der Waals surface area contributed by atoms with Crippen LogP contribution in [0.2, 0.25) is 0 Å². The molecular weight excluding hydrogens is 384 g/mol. The van der Waals surface area contributed by atoms with Gasteiger partial charge >= 0.3 is 0 Å². The van der Waals surface area contributed by atoms with Crippen LogP contribution in [-0.4, -0.2) is 43.1 Å². The van der Waals surface area contributed by atoms with E-state index in [-0.39, 0.29) is 12.0 Å². The fourth-order valence-electron chi connectivity index (χ4n) is 3.38. The van der Waals surface area contributed by atoms with Crippen LogP contribution in [0.3, 0.4) is 0 Å². The number of benzene rings is 1. The van der Waals surface area contributed by atoms with Crippen molar-refractivity contribution in [2.24, 2.45) is 5.92 Å². The van der Waals surface area contributed by atoms with Gasteiger partial charge in [0.2, 0.25) is 0 Å². The Morgan fingerprint density at radius 1 is 1.20 bits per heavy atom. The normalized spacial score (nSPS) is 26.2. The Labute approximate surface area is 153 Å². The molecule has 0 amide bonds. The maximum Gasteiger partial charge on any atom is 0.157 e. The van der Waals surface area contributed by atoms with Gasteiger partial charge in [-0.25, -0.2) is 4.98 Å². The Morgan fingerprint density at radius 3 is 2.76 bits per heavy atom. The summed E-state index contributed by atoms with van der Waals surface area (Å²) < 4.78 is 2.73. The number of rotatable bonds is 3. The van der Waals surface area contributed by atoms with Gasteiger partial charge in [0.25, 0.3) is 0 Å². The molecule has 0 aliphatic heterocycles. The quantitative estimate of drug-likeness (QED) is 0.627. The van der Waals surface area contributed by atoms with Crippen LogP contribution in [0.15, 0.2) is 47.1 Å². The molecule has 0 unspecified atom stereocenters.